The number of likely N-dealkylation sites (N-methyl/N-ethyl adjacent to an activating group) is 1. The maximum absolute atomic E-state index is 12.8. The summed E-state index contributed by atoms with van der Waals surface area (Å²) in [6.45, 7) is 2.36. The van der Waals surface area contributed by atoms with E-state index < -0.39 is 0 Å². The van der Waals surface area contributed by atoms with Gasteiger partial charge >= 0.3 is 0 Å². The Kier molecular flexibility index (Phi) is 6.34. The van der Waals surface area contributed by atoms with Gasteiger partial charge in [-0.05, 0) is 43.2 Å². The van der Waals surface area contributed by atoms with E-state index in [4.69, 9.17) is 0 Å². The average molecular weight is 409 g/mol. The van der Waals surface area contributed by atoms with Gasteiger partial charge in [0.1, 0.15) is 5.82 Å². The van der Waals surface area contributed by atoms with E-state index in [9.17, 15) is 14.4 Å². The fourth-order valence-corrected chi connectivity index (χ4v) is 3.42. The average Bonchev–Trinajstić information content (AvgIpc) is 2.72. The molecular formula is C22H27N5O3. The Labute approximate surface area is 176 Å². The molecule has 2 N–H and O–H groups in total. The highest BCUT2D eigenvalue weighted by Crippen LogP contribution is 2.21. The molecule has 2 heterocycles. The number of amides is 3. The van der Waals surface area contributed by atoms with Crippen LogP contribution in [-0.2, 0) is 4.79 Å². The molecular weight excluding hydrogens is 382 g/mol. The summed E-state index contributed by atoms with van der Waals surface area (Å²) in [7, 11) is 5.39. The zero-order chi connectivity index (χ0) is 21.8. The molecule has 8 nitrogen and oxygen atoms in total. The normalized spacial score (nSPS) is 16.2. The van der Waals surface area contributed by atoms with Crippen LogP contribution < -0.4 is 15.5 Å². The number of hydrogen-bond acceptors (Lipinski definition) is 5. The molecule has 2 aromatic rings. The summed E-state index contributed by atoms with van der Waals surface area (Å²) in [5.74, 6) is 0.138. The van der Waals surface area contributed by atoms with Crippen molar-refractivity contribution in [1.29, 1.82) is 0 Å². The Morgan fingerprint density at radius 1 is 1.20 bits per heavy atom. The van der Waals surface area contributed by atoms with Crippen molar-refractivity contribution in [3.63, 3.8) is 0 Å². The molecule has 0 aliphatic carbocycles. The van der Waals surface area contributed by atoms with Crippen molar-refractivity contribution < 1.29 is 14.4 Å². The molecule has 1 fully saturated rings. The van der Waals surface area contributed by atoms with E-state index in [1.54, 1.807) is 53.4 Å². The molecule has 1 atom stereocenters. The number of carbonyl (C=O) groups excluding carboxylic acids is 3. The lowest BCUT2D eigenvalue weighted by atomic mass is 10.0. The predicted octanol–water partition coefficient (Wildman–Crippen LogP) is 2.06. The van der Waals surface area contributed by atoms with Gasteiger partial charge in [-0.2, -0.15) is 0 Å². The maximum Gasteiger partial charge on any atom is 0.259 e. The van der Waals surface area contributed by atoms with Crippen molar-refractivity contribution in [2.75, 3.05) is 37.9 Å². The standard InChI is InChI=1S/C22H27N5O3/c1-14-7-8-15(21(29)24-16-9-10-19(28)27(4)13-16)12-18(14)25-22(30)17-6-5-11-23-20(17)26(2)3/h5-8,11-12,16H,9-10,13H2,1-4H3,(H,24,29)(H,25,30). The van der Waals surface area contributed by atoms with E-state index in [0.29, 0.717) is 42.0 Å². The first-order valence-electron chi connectivity index (χ1n) is 9.85. The zero-order valence-electron chi connectivity index (χ0n) is 17.7. The zero-order valence-corrected chi connectivity index (χ0v) is 17.7. The number of aromatic nitrogens is 1. The molecule has 0 saturated carbocycles. The Hall–Kier alpha value is -3.42. The van der Waals surface area contributed by atoms with Crippen molar-refractivity contribution in [3.8, 4) is 0 Å². The molecule has 0 spiro atoms. The predicted molar refractivity (Wildman–Crippen MR) is 116 cm³/mol. The van der Waals surface area contributed by atoms with Gasteiger partial charge in [0.05, 0.1) is 5.56 Å². The first-order chi connectivity index (χ1) is 14.3. The second-order valence-electron chi connectivity index (χ2n) is 7.74. The third kappa shape index (κ3) is 4.76. The number of rotatable bonds is 5. The van der Waals surface area contributed by atoms with Gasteiger partial charge in [0.15, 0.2) is 0 Å². The maximum atomic E-state index is 12.8. The minimum absolute atomic E-state index is 0.0856. The third-order valence-electron chi connectivity index (χ3n) is 5.16. The summed E-state index contributed by atoms with van der Waals surface area (Å²) in [4.78, 5) is 44.9. The highest BCUT2D eigenvalue weighted by atomic mass is 16.2. The molecule has 1 aliphatic heterocycles. The van der Waals surface area contributed by atoms with Gasteiger partial charge in [0.2, 0.25) is 5.91 Å². The minimum atomic E-state index is -0.292. The molecule has 1 saturated heterocycles. The Bertz CT molecular complexity index is 973. The van der Waals surface area contributed by atoms with E-state index in [1.807, 2.05) is 21.0 Å². The van der Waals surface area contributed by atoms with E-state index in [1.165, 1.54) is 0 Å². The summed E-state index contributed by atoms with van der Waals surface area (Å²) < 4.78 is 0. The molecule has 0 radical (unpaired) electrons. The fraction of sp³-hybridized carbons (Fsp3) is 0.364. The van der Waals surface area contributed by atoms with Crippen LogP contribution in [0.4, 0.5) is 11.5 Å². The lowest BCUT2D eigenvalue weighted by molar-refractivity contribution is -0.132. The summed E-state index contributed by atoms with van der Waals surface area (Å²) in [6.07, 6.45) is 2.69. The molecule has 1 unspecified atom stereocenters. The number of benzene rings is 1. The largest absolute Gasteiger partial charge is 0.362 e. The van der Waals surface area contributed by atoms with Crippen LogP contribution in [0.5, 0.6) is 0 Å². The number of nitrogens with one attached hydrogen (secondary N) is 2. The summed E-state index contributed by atoms with van der Waals surface area (Å²) in [5, 5.41) is 5.87. The number of aryl methyl sites for hydroxylation is 1. The van der Waals surface area contributed by atoms with E-state index in [-0.39, 0.29) is 23.8 Å². The monoisotopic (exact) mass is 409 g/mol. The molecule has 1 aromatic carbocycles. The fourth-order valence-electron chi connectivity index (χ4n) is 3.42. The van der Waals surface area contributed by atoms with Crippen LogP contribution in [0.2, 0.25) is 0 Å². The number of pyridine rings is 1. The van der Waals surface area contributed by atoms with Crippen LogP contribution in [0.3, 0.4) is 0 Å². The van der Waals surface area contributed by atoms with Crippen LogP contribution in [0.25, 0.3) is 0 Å². The van der Waals surface area contributed by atoms with Crippen molar-refractivity contribution >= 4 is 29.2 Å². The molecule has 8 heteroatoms. The van der Waals surface area contributed by atoms with Crippen molar-refractivity contribution in [1.82, 2.24) is 15.2 Å². The number of likely N-dealkylation sites (tertiary alicyclic amines) is 1. The number of nitrogens with zero attached hydrogens (tertiary/aromatic N) is 3. The van der Waals surface area contributed by atoms with E-state index in [0.717, 1.165) is 5.56 Å². The number of anilines is 2. The topological polar surface area (TPSA) is 94.6 Å². The first kappa shape index (κ1) is 21.3. The Morgan fingerprint density at radius 3 is 2.67 bits per heavy atom. The van der Waals surface area contributed by atoms with E-state index in [2.05, 4.69) is 15.6 Å². The van der Waals surface area contributed by atoms with E-state index >= 15 is 0 Å². The van der Waals surface area contributed by atoms with Gasteiger partial charge in [-0.15, -0.1) is 0 Å². The second-order valence-corrected chi connectivity index (χ2v) is 7.74. The van der Waals surface area contributed by atoms with Crippen LogP contribution in [0.1, 0.15) is 39.1 Å². The molecule has 3 amide bonds. The number of carbonyl (C=O) groups is 3. The van der Waals surface area contributed by atoms with Gasteiger partial charge in [0, 0.05) is 57.6 Å². The quantitative estimate of drug-likeness (QED) is 0.788. The van der Waals surface area contributed by atoms with Gasteiger partial charge in [-0.3, -0.25) is 14.4 Å². The molecule has 3 rings (SSSR count). The van der Waals surface area contributed by atoms with Gasteiger partial charge in [-0.1, -0.05) is 6.07 Å². The molecule has 30 heavy (non-hydrogen) atoms. The molecule has 0 bridgehead atoms. The highest BCUT2D eigenvalue weighted by molar-refractivity contribution is 6.08. The van der Waals surface area contributed by atoms with Crippen LogP contribution in [-0.4, -0.2) is 61.3 Å². The van der Waals surface area contributed by atoms with Crippen LogP contribution >= 0.6 is 0 Å². The van der Waals surface area contributed by atoms with Gasteiger partial charge in [-0.25, -0.2) is 4.98 Å². The second kappa shape index (κ2) is 8.94. The summed E-state index contributed by atoms with van der Waals surface area (Å²) in [5.41, 5.74) is 2.32. The van der Waals surface area contributed by atoms with Crippen LogP contribution in [0, 0.1) is 6.92 Å². The lowest BCUT2D eigenvalue weighted by Gasteiger charge is -2.30. The Morgan fingerprint density at radius 2 is 1.97 bits per heavy atom. The van der Waals surface area contributed by atoms with Crippen LogP contribution in [0.15, 0.2) is 36.5 Å². The molecule has 158 valence electrons. The smallest absolute Gasteiger partial charge is 0.259 e. The van der Waals surface area contributed by atoms with Gasteiger partial charge < -0.3 is 20.4 Å². The number of hydrogen-bond donors (Lipinski definition) is 2. The molecule has 1 aliphatic rings. The Balaban J connectivity index is 1.75. The van der Waals surface area contributed by atoms with Crippen molar-refractivity contribution in [2.24, 2.45) is 0 Å². The third-order valence-corrected chi connectivity index (χ3v) is 5.16. The van der Waals surface area contributed by atoms with Crippen molar-refractivity contribution in [2.45, 2.75) is 25.8 Å². The summed E-state index contributed by atoms with van der Waals surface area (Å²) in [6, 6.07) is 8.54. The minimum Gasteiger partial charge on any atom is -0.362 e. The number of piperidine rings is 1. The SMILES string of the molecule is Cc1ccc(C(=O)NC2CCC(=O)N(C)C2)cc1NC(=O)c1cccnc1N(C)C. The first-order valence-corrected chi connectivity index (χ1v) is 9.85. The summed E-state index contributed by atoms with van der Waals surface area (Å²) >= 11 is 0. The van der Waals surface area contributed by atoms with Crippen molar-refractivity contribution in [3.05, 3.63) is 53.2 Å². The lowest BCUT2D eigenvalue weighted by Crippen LogP contribution is -2.48. The van der Waals surface area contributed by atoms with Gasteiger partial charge in [0.25, 0.3) is 11.8 Å². The molecule has 1 aromatic heterocycles. The highest BCUT2D eigenvalue weighted by Gasteiger charge is 2.24.